The van der Waals surface area contributed by atoms with Crippen LogP contribution in [0.1, 0.15) is 37.8 Å². The minimum atomic E-state index is 0.0671. The number of benzene rings is 2. The quantitative estimate of drug-likeness (QED) is 0.552. The Labute approximate surface area is 167 Å². The van der Waals surface area contributed by atoms with E-state index in [1.165, 1.54) is 35.9 Å². The molecule has 0 aliphatic carbocycles. The van der Waals surface area contributed by atoms with Gasteiger partial charge in [-0.1, -0.05) is 36.4 Å². The number of aromatic nitrogens is 1. The van der Waals surface area contributed by atoms with Crippen LogP contribution in [-0.4, -0.2) is 34.4 Å². The molecule has 1 atom stereocenters. The fraction of sp³-hybridized carbons (Fsp3) is 0.320. The molecular weight excluding hydrogens is 344 g/mol. The first-order chi connectivity index (χ1) is 13.6. The zero-order chi connectivity index (χ0) is 19.5. The van der Waals surface area contributed by atoms with E-state index in [9.17, 15) is 4.79 Å². The van der Waals surface area contributed by atoms with E-state index in [4.69, 9.17) is 0 Å². The summed E-state index contributed by atoms with van der Waals surface area (Å²) in [6, 6.07) is 17.8. The molecule has 2 aromatic carbocycles. The first kappa shape index (κ1) is 18.7. The summed E-state index contributed by atoms with van der Waals surface area (Å²) in [6.07, 6.45) is 9.50. The number of likely N-dealkylation sites (tertiary alicyclic amines) is 1. The highest BCUT2D eigenvalue weighted by molar-refractivity contribution is 5.91. The van der Waals surface area contributed by atoms with Crippen molar-refractivity contribution >= 4 is 22.8 Å². The number of hydrogen-bond acceptors (Lipinski definition) is 2. The number of hydrogen-bond donors (Lipinski definition) is 0. The maximum absolute atomic E-state index is 11.1. The van der Waals surface area contributed by atoms with Gasteiger partial charge in [-0.3, -0.25) is 4.79 Å². The summed E-state index contributed by atoms with van der Waals surface area (Å²) in [5.74, 6) is 0.0671. The predicted molar refractivity (Wildman–Crippen MR) is 117 cm³/mol. The molecule has 1 fully saturated rings. The SMILES string of the molecule is CC(=O)C=Cc1ccc(-n2cc(CCN3CCCC3C)c3ccccc32)cc1. The Morgan fingerprint density at radius 1 is 1.14 bits per heavy atom. The van der Waals surface area contributed by atoms with Gasteiger partial charge in [0.15, 0.2) is 5.78 Å². The van der Waals surface area contributed by atoms with Gasteiger partial charge in [0.1, 0.15) is 0 Å². The minimum absolute atomic E-state index is 0.0671. The van der Waals surface area contributed by atoms with Gasteiger partial charge >= 0.3 is 0 Å². The molecule has 4 rings (SSSR count). The topological polar surface area (TPSA) is 25.2 Å². The van der Waals surface area contributed by atoms with Crippen molar-refractivity contribution in [2.24, 2.45) is 0 Å². The molecule has 0 bridgehead atoms. The number of ketones is 1. The summed E-state index contributed by atoms with van der Waals surface area (Å²) >= 11 is 0. The summed E-state index contributed by atoms with van der Waals surface area (Å²) < 4.78 is 2.29. The second-order valence-corrected chi connectivity index (χ2v) is 7.85. The van der Waals surface area contributed by atoms with Crippen LogP contribution < -0.4 is 0 Å². The van der Waals surface area contributed by atoms with Gasteiger partial charge in [-0.15, -0.1) is 0 Å². The molecule has 1 saturated heterocycles. The molecule has 144 valence electrons. The fourth-order valence-electron chi connectivity index (χ4n) is 4.21. The van der Waals surface area contributed by atoms with Crippen LogP contribution in [0.15, 0.2) is 60.8 Å². The van der Waals surface area contributed by atoms with Crippen molar-refractivity contribution in [3.05, 3.63) is 71.9 Å². The van der Waals surface area contributed by atoms with Gasteiger partial charge in [0.25, 0.3) is 0 Å². The van der Waals surface area contributed by atoms with E-state index in [2.05, 4.69) is 71.1 Å². The van der Waals surface area contributed by atoms with E-state index < -0.39 is 0 Å². The average Bonchev–Trinajstić information content (AvgIpc) is 3.28. The van der Waals surface area contributed by atoms with E-state index in [-0.39, 0.29) is 5.78 Å². The highest BCUT2D eigenvalue weighted by atomic mass is 16.1. The van der Waals surface area contributed by atoms with Gasteiger partial charge < -0.3 is 9.47 Å². The molecule has 1 unspecified atom stereocenters. The lowest BCUT2D eigenvalue weighted by Gasteiger charge is -2.20. The number of allylic oxidation sites excluding steroid dienone is 1. The predicted octanol–water partition coefficient (Wildman–Crippen LogP) is 5.26. The van der Waals surface area contributed by atoms with Crippen LogP contribution >= 0.6 is 0 Å². The molecule has 3 nitrogen and oxygen atoms in total. The van der Waals surface area contributed by atoms with E-state index in [1.54, 1.807) is 13.0 Å². The Balaban J connectivity index is 1.61. The maximum atomic E-state index is 11.1. The molecule has 0 radical (unpaired) electrons. The monoisotopic (exact) mass is 372 g/mol. The highest BCUT2D eigenvalue weighted by Gasteiger charge is 2.20. The lowest BCUT2D eigenvalue weighted by molar-refractivity contribution is -0.112. The van der Waals surface area contributed by atoms with Crippen LogP contribution in [-0.2, 0) is 11.2 Å². The van der Waals surface area contributed by atoms with Gasteiger partial charge in [-0.05, 0) is 75.1 Å². The van der Waals surface area contributed by atoms with Crippen molar-refractivity contribution in [1.29, 1.82) is 0 Å². The van der Waals surface area contributed by atoms with E-state index in [0.29, 0.717) is 6.04 Å². The Morgan fingerprint density at radius 3 is 2.64 bits per heavy atom. The molecule has 3 heteroatoms. The molecule has 1 aliphatic rings. The van der Waals surface area contributed by atoms with E-state index in [1.807, 2.05) is 6.08 Å². The van der Waals surface area contributed by atoms with Crippen molar-refractivity contribution in [3.63, 3.8) is 0 Å². The molecule has 0 amide bonds. The molecule has 3 aromatic rings. The number of fused-ring (bicyclic) bond motifs is 1. The molecule has 0 N–H and O–H groups in total. The first-order valence-electron chi connectivity index (χ1n) is 10.2. The number of rotatable bonds is 6. The van der Waals surface area contributed by atoms with Crippen molar-refractivity contribution < 1.29 is 4.79 Å². The summed E-state index contributed by atoms with van der Waals surface area (Å²) in [4.78, 5) is 13.8. The zero-order valence-corrected chi connectivity index (χ0v) is 16.8. The van der Waals surface area contributed by atoms with Crippen LogP contribution in [0.25, 0.3) is 22.7 Å². The van der Waals surface area contributed by atoms with Gasteiger partial charge in [-0.25, -0.2) is 0 Å². The van der Waals surface area contributed by atoms with Crippen LogP contribution in [0, 0.1) is 0 Å². The molecule has 2 heterocycles. The lowest BCUT2D eigenvalue weighted by Crippen LogP contribution is -2.28. The third-order valence-electron chi connectivity index (χ3n) is 5.84. The summed E-state index contributed by atoms with van der Waals surface area (Å²) in [7, 11) is 0. The van der Waals surface area contributed by atoms with Crippen LogP contribution in [0.4, 0.5) is 0 Å². The second-order valence-electron chi connectivity index (χ2n) is 7.85. The number of carbonyl (C=O) groups is 1. The van der Waals surface area contributed by atoms with Crippen LogP contribution in [0.2, 0.25) is 0 Å². The molecule has 1 aromatic heterocycles. The number of carbonyl (C=O) groups excluding carboxylic acids is 1. The van der Waals surface area contributed by atoms with Crippen molar-refractivity contribution in [2.45, 2.75) is 39.2 Å². The van der Waals surface area contributed by atoms with Gasteiger partial charge in [-0.2, -0.15) is 0 Å². The summed E-state index contributed by atoms with van der Waals surface area (Å²) in [5, 5.41) is 1.34. The Morgan fingerprint density at radius 2 is 1.93 bits per heavy atom. The normalized spacial score (nSPS) is 17.7. The zero-order valence-electron chi connectivity index (χ0n) is 16.8. The highest BCUT2D eigenvalue weighted by Crippen LogP contribution is 2.26. The second kappa shape index (κ2) is 8.15. The number of nitrogens with zero attached hydrogens (tertiary/aromatic N) is 2. The van der Waals surface area contributed by atoms with Gasteiger partial charge in [0, 0.05) is 29.9 Å². The standard InChI is InChI=1S/C25H28N2O/c1-19-6-5-16-26(19)17-15-22-18-27(25-8-4-3-7-24(22)25)23-13-11-21(12-14-23)10-9-20(2)28/h3-4,7-14,18-19H,5-6,15-17H2,1-2H3. The summed E-state index contributed by atoms with van der Waals surface area (Å²) in [5.41, 5.74) is 4.85. The van der Waals surface area contributed by atoms with E-state index in [0.717, 1.165) is 24.2 Å². The third kappa shape index (κ3) is 3.95. The van der Waals surface area contributed by atoms with E-state index >= 15 is 0 Å². The number of para-hydroxylation sites is 1. The Bertz CT molecular complexity index is 997. The molecule has 0 spiro atoms. The largest absolute Gasteiger partial charge is 0.316 e. The van der Waals surface area contributed by atoms with Gasteiger partial charge in [0.2, 0.25) is 0 Å². The Kier molecular flexibility index (Phi) is 5.45. The molecule has 0 saturated carbocycles. The third-order valence-corrected chi connectivity index (χ3v) is 5.84. The smallest absolute Gasteiger partial charge is 0.152 e. The maximum Gasteiger partial charge on any atom is 0.152 e. The summed E-state index contributed by atoms with van der Waals surface area (Å²) in [6.45, 7) is 6.28. The Hall–Kier alpha value is -2.65. The lowest BCUT2D eigenvalue weighted by atomic mass is 10.1. The first-order valence-corrected chi connectivity index (χ1v) is 10.2. The van der Waals surface area contributed by atoms with Gasteiger partial charge in [0.05, 0.1) is 5.52 Å². The van der Waals surface area contributed by atoms with Crippen molar-refractivity contribution in [1.82, 2.24) is 9.47 Å². The fourth-order valence-corrected chi connectivity index (χ4v) is 4.21. The average molecular weight is 373 g/mol. The van der Waals surface area contributed by atoms with Crippen LogP contribution in [0.5, 0.6) is 0 Å². The van der Waals surface area contributed by atoms with Crippen molar-refractivity contribution in [2.75, 3.05) is 13.1 Å². The molecule has 1 aliphatic heterocycles. The van der Waals surface area contributed by atoms with Crippen LogP contribution in [0.3, 0.4) is 0 Å². The molecule has 28 heavy (non-hydrogen) atoms. The minimum Gasteiger partial charge on any atom is -0.316 e. The molecular formula is C25H28N2O. The van der Waals surface area contributed by atoms with Crippen molar-refractivity contribution in [3.8, 4) is 5.69 Å².